The van der Waals surface area contributed by atoms with Crippen LogP contribution in [0.25, 0.3) is 22.3 Å². The molecule has 5 saturated heterocycles. The predicted molar refractivity (Wildman–Crippen MR) is 278 cm³/mol. The number of alkyl halides is 1. The van der Waals surface area contributed by atoms with Crippen molar-refractivity contribution in [1.29, 1.82) is 0 Å². The fourth-order valence-electron chi connectivity index (χ4n) is 13.5. The van der Waals surface area contributed by atoms with Crippen LogP contribution in [0.5, 0.6) is 0 Å². The molecule has 12 rings (SSSR count). The van der Waals surface area contributed by atoms with Crippen LogP contribution in [0, 0.1) is 11.3 Å². The topological polar surface area (TPSA) is 156 Å². The van der Waals surface area contributed by atoms with Gasteiger partial charge in [-0.05, 0) is 139 Å². The lowest BCUT2D eigenvalue weighted by Gasteiger charge is -2.49. The van der Waals surface area contributed by atoms with Gasteiger partial charge in [-0.1, -0.05) is 31.2 Å². The first-order valence-corrected chi connectivity index (χ1v) is 27.5. The number of pyridine rings is 1. The number of likely N-dealkylation sites (tertiary alicyclic amines) is 3. The van der Waals surface area contributed by atoms with Gasteiger partial charge in [-0.3, -0.25) is 34.2 Å². The second-order valence-corrected chi connectivity index (χ2v) is 23.4. The van der Waals surface area contributed by atoms with E-state index < -0.39 is 17.0 Å². The number of carbonyl (C=O) groups excluding carboxylic acids is 5. The van der Waals surface area contributed by atoms with Crippen LogP contribution in [0.1, 0.15) is 134 Å². The normalized spacial score (nSPS) is 26.6. The smallest absolute Gasteiger partial charge is 0.238 e. The summed E-state index contributed by atoms with van der Waals surface area (Å²) in [5.41, 5.74) is 6.25. The van der Waals surface area contributed by atoms with E-state index in [2.05, 4.69) is 74.9 Å². The van der Waals surface area contributed by atoms with E-state index in [9.17, 15) is 23.6 Å². The maximum atomic E-state index is 15.3. The zero-order chi connectivity index (χ0) is 50.3. The van der Waals surface area contributed by atoms with E-state index in [0.717, 1.165) is 115 Å². The number of imide groups is 1. The third-order valence-electron chi connectivity index (χ3n) is 18.4. The summed E-state index contributed by atoms with van der Waals surface area (Å²) in [6.07, 6.45) is 11.1. The molecule has 0 radical (unpaired) electrons. The number of nitrogens with zero attached hydrogens (tertiary/aromatic N) is 8. The lowest BCUT2D eigenvalue weighted by Crippen LogP contribution is -2.59. The molecule has 2 atom stereocenters. The van der Waals surface area contributed by atoms with E-state index in [1.54, 1.807) is 0 Å². The van der Waals surface area contributed by atoms with Crippen LogP contribution in [-0.2, 0) is 29.4 Å². The number of hydrogen-bond acceptors (Lipinski definition) is 10. The number of imidazole rings is 1. The summed E-state index contributed by atoms with van der Waals surface area (Å²) in [6.45, 7) is 11.4. The highest BCUT2D eigenvalue weighted by Gasteiger charge is 2.57. The summed E-state index contributed by atoms with van der Waals surface area (Å²) in [4.78, 5) is 88.6. The van der Waals surface area contributed by atoms with E-state index in [0.29, 0.717) is 83.7 Å². The Bertz CT molecular complexity index is 2810. The fraction of sp³-hybridized carbons (Fsp3) is 0.596. The number of fused-ring (bicyclic) bond motifs is 3. The summed E-state index contributed by atoms with van der Waals surface area (Å²) >= 11 is 0. The monoisotopic (exact) mass is 995 g/mol. The van der Waals surface area contributed by atoms with E-state index in [4.69, 9.17) is 9.97 Å². The predicted octanol–water partition coefficient (Wildman–Crippen LogP) is 7.49. The molecule has 2 N–H and O–H groups in total. The zero-order valence-electron chi connectivity index (χ0n) is 42.8. The molecule has 4 aromatic rings. The number of anilines is 3. The Morgan fingerprint density at radius 2 is 1.55 bits per heavy atom. The number of rotatable bonds is 10. The van der Waals surface area contributed by atoms with Gasteiger partial charge in [0.15, 0.2) is 5.82 Å². The Labute approximate surface area is 427 Å². The van der Waals surface area contributed by atoms with Crippen molar-refractivity contribution in [2.45, 2.75) is 152 Å². The molecular weight excluding hydrogens is 924 g/mol. The number of carbonyl (C=O) groups is 5. The SMILES string of the molecule is CC(C)n1cnc2cc(-c3ccc4c(c3)N(C3CC(N5CCC[C@H](F)C5)C3)C(=O)C43CCN(C(=O)C4(C)CCN(C(=O)C5CCN(c6ccc(C7CCC(=O)NC7=O)cc6)CC5)CC4)CC3)nc(NC3CC3)c21. The average molecular weight is 995 g/mol. The molecule has 386 valence electrons. The van der Waals surface area contributed by atoms with Crippen LogP contribution in [-0.4, -0.2) is 135 Å². The Morgan fingerprint density at radius 3 is 2.23 bits per heavy atom. The van der Waals surface area contributed by atoms with Gasteiger partial charge in [-0.2, -0.15) is 0 Å². The van der Waals surface area contributed by atoms with Crippen molar-refractivity contribution in [3.63, 3.8) is 0 Å². The summed E-state index contributed by atoms with van der Waals surface area (Å²) in [5.74, 6) is 0.448. The van der Waals surface area contributed by atoms with Crippen molar-refractivity contribution in [2.75, 3.05) is 67.5 Å². The molecule has 5 amide bonds. The van der Waals surface area contributed by atoms with Crippen molar-refractivity contribution in [1.82, 2.24) is 34.6 Å². The number of benzene rings is 2. The fourth-order valence-corrected chi connectivity index (χ4v) is 13.5. The summed E-state index contributed by atoms with van der Waals surface area (Å²) in [6, 6.07) is 17.5. The Morgan fingerprint density at radius 1 is 0.822 bits per heavy atom. The summed E-state index contributed by atoms with van der Waals surface area (Å²) in [7, 11) is 0. The molecular formula is C57H71FN10O5. The van der Waals surface area contributed by atoms with Gasteiger partial charge in [0.05, 0.1) is 28.9 Å². The van der Waals surface area contributed by atoms with Crippen LogP contribution in [0.4, 0.5) is 21.6 Å². The van der Waals surface area contributed by atoms with E-state index in [-0.39, 0.29) is 59.5 Å². The molecule has 1 spiro atoms. The number of aromatic nitrogens is 3. The minimum Gasteiger partial charge on any atom is -0.371 e. The van der Waals surface area contributed by atoms with Gasteiger partial charge in [0, 0.05) is 105 Å². The van der Waals surface area contributed by atoms with Crippen molar-refractivity contribution >= 4 is 57.8 Å². The molecule has 2 aromatic carbocycles. The van der Waals surface area contributed by atoms with E-state index >= 15 is 4.79 Å². The first kappa shape index (κ1) is 48.1. The van der Waals surface area contributed by atoms with Gasteiger partial charge >= 0.3 is 0 Å². The highest BCUT2D eigenvalue weighted by molar-refractivity contribution is 6.09. The van der Waals surface area contributed by atoms with Crippen LogP contribution >= 0.6 is 0 Å². The average Bonchev–Trinajstić information content (AvgIpc) is 4.05. The Balaban J connectivity index is 0.708. The molecule has 6 aliphatic heterocycles. The maximum absolute atomic E-state index is 15.3. The van der Waals surface area contributed by atoms with E-state index in [1.807, 2.05) is 40.4 Å². The zero-order valence-corrected chi connectivity index (χ0v) is 42.8. The van der Waals surface area contributed by atoms with Gasteiger partial charge in [0.2, 0.25) is 29.5 Å². The first-order chi connectivity index (χ1) is 35.2. The number of piperidine rings is 5. The number of amides is 5. The highest BCUT2D eigenvalue weighted by Crippen LogP contribution is 2.53. The third-order valence-corrected chi connectivity index (χ3v) is 18.4. The molecule has 7 fully saturated rings. The number of hydrogen-bond donors (Lipinski definition) is 2. The molecule has 16 heteroatoms. The standard InChI is InChI=1S/C57H71FN10O5/c1-35(2)67-34-59-47-32-46(61-51(50(47)67)60-40-9-10-40)38-8-14-45-48(29-38)68(43-30-42(31-43)66-22-4-5-39(58)33-66)55(73)57(45)20-27-65(28-21-57)54(72)56(3)18-25-64(26-19-56)53(71)37-16-23-63(24-17-37)41-11-6-36(7-12-41)44-13-15-49(69)62-52(44)70/h6-8,11-12,14,29,32,34-35,37,39-40,42-44H,4-5,9-10,13,15-28,30-31,33H2,1-3H3,(H,60,61)(H,62,69,70)/t39-,42?,43?,44?/m0/s1. The highest BCUT2D eigenvalue weighted by atomic mass is 19.1. The van der Waals surface area contributed by atoms with Crippen molar-refractivity contribution in [3.05, 3.63) is 66.0 Å². The second kappa shape index (κ2) is 18.8. The van der Waals surface area contributed by atoms with Crippen LogP contribution < -0.4 is 20.4 Å². The Kier molecular flexibility index (Phi) is 12.4. The largest absolute Gasteiger partial charge is 0.371 e. The van der Waals surface area contributed by atoms with Crippen molar-refractivity contribution < 1.29 is 28.4 Å². The lowest BCUT2D eigenvalue weighted by atomic mass is 9.72. The van der Waals surface area contributed by atoms with Gasteiger partial charge in [-0.15, -0.1) is 0 Å². The third kappa shape index (κ3) is 8.76. The molecule has 8 aliphatic rings. The van der Waals surface area contributed by atoms with Crippen LogP contribution in [0.2, 0.25) is 0 Å². The Hall–Kier alpha value is -5.90. The lowest BCUT2D eigenvalue weighted by molar-refractivity contribution is -0.150. The van der Waals surface area contributed by atoms with Crippen molar-refractivity contribution in [2.24, 2.45) is 11.3 Å². The van der Waals surface area contributed by atoms with Gasteiger partial charge in [-0.25, -0.2) is 14.4 Å². The van der Waals surface area contributed by atoms with E-state index in [1.165, 1.54) is 0 Å². The van der Waals surface area contributed by atoms with Crippen LogP contribution in [0.3, 0.4) is 0 Å². The molecule has 2 aliphatic carbocycles. The molecule has 8 heterocycles. The van der Waals surface area contributed by atoms with Gasteiger partial charge < -0.3 is 29.5 Å². The molecule has 15 nitrogen and oxygen atoms in total. The first-order valence-electron chi connectivity index (χ1n) is 27.5. The summed E-state index contributed by atoms with van der Waals surface area (Å²) < 4.78 is 16.8. The number of nitrogens with one attached hydrogen (secondary N) is 2. The quantitative estimate of drug-likeness (QED) is 0.153. The van der Waals surface area contributed by atoms with Gasteiger partial charge in [0.1, 0.15) is 11.7 Å². The summed E-state index contributed by atoms with van der Waals surface area (Å²) in [5, 5.41) is 6.13. The van der Waals surface area contributed by atoms with Crippen LogP contribution in [0.15, 0.2) is 54.9 Å². The molecule has 73 heavy (non-hydrogen) atoms. The molecule has 0 bridgehead atoms. The molecule has 1 unspecified atom stereocenters. The molecule has 2 saturated carbocycles. The van der Waals surface area contributed by atoms with Gasteiger partial charge in [0.25, 0.3) is 0 Å². The minimum absolute atomic E-state index is 0.0139. The molecule has 2 aromatic heterocycles. The van der Waals surface area contributed by atoms with Crippen molar-refractivity contribution in [3.8, 4) is 11.3 Å². The second-order valence-electron chi connectivity index (χ2n) is 23.4. The maximum Gasteiger partial charge on any atom is 0.238 e. The minimum atomic E-state index is -0.794. The number of halogens is 1.